The minimum absolute atomic E-state index is 0.111. The van der Waals surface area contributed by atoms with Crippen LogP contribution < -0.4 is 10.7 Å². The van der Waals surface area contributed by atoms with Gasteiger partial charge in [-0.25, -0.2) is 10.2 Å². The largest absolute Gasteiger partial charge is 0.508 e. The Morgan fingerprint density at radius 3 is 2.63 bits per heavy atom. The number of nitrogens with one attached hydrogen (secondary N) is 2. The van der Waals surface area contributed by atoms with Crippen molar-refractivity contribution in [3.63, 3.8) is 0 Å². The first kappa shape index (κ1) is 18.6. The zero-order chi connectivity index (χ0) is 19.4. The molecule has 140 valence electrons. The molecule has 9 heteroatoms. The van der Waals surface area contributed by atoms with Gasteiger partial charge in [0.2, 0.25) is 0 Å². The molecule has 0 saturated heterocycles. The predicted molar refractivity (Wildman–Crippen MR) is 100 cm³/mol. The van der Waals surface area contributed by atoms with Crippen LogP contribution in [0, 0.1) is 0 Å². The third kappa shape index (κ3) is 4.14. The Morgan fingerprint density at radius 1 is 1.19 bits per heavy atom. The lowest BCUT2D eigenvalue weighted by molar-refractivity contribution is -0.136. The maximum Gasteiger partial charge on any atom is 0.341 e. The van der Waals surface area contributed by atoms with E-state index in [4.69, 9.17) is 4.74 Å². The van der Waals surface area contributed by atoms with Crippen LogP contribution in [0.2, 0.25) is 0 Å². The first-order valence-corrected chi connectivity index (χ1v) is 8.97. The zero-order valence-corrected chi connectivity index (χ0v) is 15.3. The van der Waals surface area contributed by atoms with Crippen LogP contribution in [0.15, 0.2) is 29.4 Å². The minimum Gasteiger partial charge on any atom is -0.508 e. The van der Waals surface area contributed by atoms with Gasteiger partial charge < -0.3 is 15.2 Å². The van der Waals surface area contributed by atoms with Gasteiger partial charge in [-0.05, 0) is 54.7 Å². The average Bonchev–Trinajstić information content (AvgIpc) is 3.23. The number of esters is 1. The van der Waals surface area contributed by atoms with E-state index >= 15 is 0 Å². The molecule has 0 bridgehead atoms. The Bertz CT molecular complexity index is 918. The van der Waals surface area contributed by atoms with Crippen molar-refractivity contribution in [2.24, 2.45) is 5.10 Å². The summed E-state index contributed by atoms with van der Waals surface area (Å²) in [6, 6.07) is 6.14. The number of rotatable bonds is 4. The predicted octanol–water partition coefficient (Wildman–Crippen LogP) is 1.82. The monoisotopic (exact) mass is 387 g/mol. The first-order chi connectivity index (χ1) is 13.0. The van der Waals surface area contributed by atoms with Crippen molar-refractivity contribution in [2.45, 2.75) is 19.3 Å². The Morgan fingerprint density at radius 2 is 1.93 bits per heavy atom. The number of aromatic hydroxyl groups is 1. The average molecular weight is 387 g/mol. The van der Waals surface area contributed by atoms with Gasteiger partial charge in [0.1, 0.15) is 10.8 Å². The third-order valence-corrected chi connectivity index (χ3v) is 5.22. The molecule has 1 aromatic heterocycles. The fourth-order valence-electron chi connectivity index (χ4n) is 2.75. The van der Waals surface area contributed by atoms with Crippen molar-refractivity contribution in [2.75, 3.05) is 12.4 Å². The molecule has 1 aliphatic rings. The van der Waals surface area contributed by atoms with Gasteiger partial charge in [-0.2, -0.15) is 5.10 Å². The topological polar surface area (TPSA) is 117 Å². The van der Waals surface area contributed by atoms with Crippen LogP contribution in [0.4, 0.5) is 5.00 Å². The van der Waals surface area contributed by atoms with Crippen molar-refractivity contribution < 1.29 is 24.2 Å². The number of carbonyl (C=O) groups is 3. The Hall–Kier alpha value is -3.20. The third-order valence-electron chi connectivity index (χ3n) is 4.02. The van der Waals surface area contributed by atoms with Crippen LogP contribution in [0.1, 0.15) is 32.8 Å². The number of carbonyl (C=O) groups excluding carboxylic acids is 3. The Kier molecular flexibility index (Phi) is 5.51. The molecule has 0 fully saturated rings. The van der Waals surface area contributed by atoms with Crippen LogP contribution >= 0.6 is 11.3 Å². The van der Waals surface area contributed by atoms with Gasteiger partial charge in [0, 0.05) is 4.88 Å². The number of aryl methyl sites for hydroxylation is 1. The summed E-state index contributed by atoms with van der Waals surface area (Å²) in [6.07, 6.45) is 3.87. The first-order valence-electron chi connectivity index (χ1n) is 8.16. The van der Waals surface area contributed by atoms with Crippen LogP contribution in [-0.2, 0) is 27.2 Å². The Balaban J connectivity index is 1.66. The van der Waals surface area contributed by atoms with Crippen molar-refractivity contribution in [3.05, 3.63) is 45.8 Å². The van der Waals surface area contributed by atoms with Crippen LogP contribution in [0.5, 0.6) is 5.75 Å². The molecule has 2 aromatic rings. The lowest BCUT2D eigenvalue weighted by Gasteiger charge is -2.06. The summed E-state index contributed by atoms with van der Waals surface area (Å²) in [5, 5.41) is 15.7. The molecule has 1 aliphatic carbocycles. The Labute approximate surface area is 158 Å². The molecule has 1 heterocycles. The lowest BCUT2D eigenvalue weighted by atomic mass is 10.1. The number of fused-ring (bicyclic) bond motifs is 1. The molecular formula is C18H17N3O5S. The normalized spacial score (nSPS) is 12.6. The molecule has 0 saturated carbocycles. The number of hydrogen-bond acceptors (Lipinski definition) is 7. The lowest BCUT2D eigenvalue weighted by Crippen LogP contribution is -2.32. The van der Waals surface area contributed by atoms with Crippen LogP contribution in [0.3, 0.4) is 0 Å². The smallest absolute Gasteiger partial charge is 0.341 e. The number of hydrazone groups is 1. The molecule has 2 amide bonds. The second kappa shape index (κ2) is 8.00. The van der Waals surface area contributed by atoms with Gasteiger partial charge in [-0.1, -0.05) is 0 Å². The quantitative estimate of drug-likeness (QED) is 0.320. The number of phenols is 1. The van der Waals surface area contributed by atoms with E-state index in [9.17, 15) is 19.5 Å². The maximum absolute atomic E-state index is 12.1. The minimum atomic E-state index is -0.964. The van der Waals surface area contributed by atoms with Gasteiger partial charge >= 0.3 is 17.8 Å². The number of benzene rings is 1. The maximum atomic E-state index is 12.1. The summed E-state index contributed by atoms with van der Waals surface area (Å²) in [7, 11) is 1.28. The van der Waals surface area contributed by atoms with Crippen molar-refractivity contribution in [1.29, 1.82) is 0 Å². The fourth-order valence-corrected chi connectivity index (χ4v) is 4.02. The van der Waals surface area contributed by atoms with Gasteiger partial charge in [0.15, 0.2) is 0 Å². The SMILES string of the molecule is COC(=O)c1c(NC(=O)C(=O)NN=Cc2ccc(O)cc2)sc2c1CCC2. The van der Waals surface area contributed by atoms with Crippen molar-refractivity contribution in [3.8, 4) is 5.75 Å². The number of anilines is 1. The molecule has 0 aliphatic heterocycles. The summed E-state index contributed by atoms with van der Waals surface area (Å²) >= 11 is 1.29. The zero-order valence-electron chi connectivity index (χ0n) is 14.4. The number of methoxy groups -OCH3 is 1. The van der Waals surface area contributed by atoms with E-state index in [2.05, 4.69) is 15.8 Å². The summed E-state index contributed by atoms with van der Waals surface area (Å²) in [5.74, 6) is -2.31. The number of amides is 2. The summed E-state index contributed by atoms with van der Waals surface area (Å²) in [5.41, 5.74) is 3.96. The van der Waals surface area contributed by atoms with E-state index < -0.39 is 17.8 Å². The molecule has 0 spiro atoms. The fraction of sp³-hybridized carbons (Fsp3) is 0.222. The second-order valence-corrected chi connectivity index (χ2v) is 6.90. The van der Waals surface area contributed by atoms with Crippen molar-refractivity contribution >= 4 is 40.3 Å². The van der Waals surface area contributed by atoms with Gasteiger partial charge in [0.05, 0.1) is 18.9 Å². The number of hydrogen-bond donors (Lipinski definition) is 3. The highest BCUT2D eigenvalue weighted by molar-refractivity contribution is 7.17. The molecule has 8 nitrogen and oxygen atoms in total. The van der Waals surface area contributed by atoms with E-state index in [1.165, 1.54) is 36.8 Å². The summed E-state index contributed by atoms with van der Waals surface area (Å²) < 4.78 is 4.80. The number of nitrogens with zero attached hydrogens (tertiary/aromatic N) is 1. The highest BCUT2D eigenvalue weighted by atomic mass is 32.1. The second-order valence-electron chi connectivity index (χ2n) is 5.80. The van der Waals surface area contributed by atoms with Gasteiger partial charge in [0.25, 0.3) is 0 Å². The highest BCUT2D eigenvalue weighted by Crippen LogP contribution is 2.39. The molecule has 3 rings (SSSR count). The number of phenolic OH excluding ortho intramolecular Hbond substituents is 1. The molecule has 0 atom stereocenters. The van der Waals surface area contributed by atoms with E-state index in [1.807, 2.05) is 0 Å². The number of thiophene rings is 1. The van der Waals surface area contributed by atoms with E-state index in [0.717, 1.165) is 29.7 Å². The highest BCUT2D eigenvalue weighted by Gasteiger charge is 2.29. The number of ether oxygens (including phenoxy) is 1. The molecule has 27 heavy (non-hydrogen) atoms. The van der Waals surface area contributed by atoms with Gasteiger partial charge in [-0.15, -0.1) is 11.3 Å². The standard InChI is InChI=1S/C18H17N3O5S/c1-26-18(25)14-12-3-2-4-13(12)27-17(14)20-15(23)16(24)21-19-9-10-5-7-11(22)8-6-10/h5-9,22H,2-4H2,1H3,(H,20,23)(H,21,24). The molecule has 0 unspecified atom stereocenters. The van der Waals surface area contributed by atoms with E-state index in [1.54, 1.807) is 12.1 Å². The van der Waals surface area contributed by atoms with E-state index in [-0.39, 0.29) is 5.75 Å². The summed E-state index contributed by atoms with van der Waals surface area (Å²) in [6.45, 7) is 0. The van der Waals surface area contributed by atoms with Crippen LogP contribution in [0.25, 0.3) is 0 Å². The summed E-state index contributed by atoms with van der Waals surface area (Å²) in [4.78, 5) is 37.1. The molecular weight excluding hydrogens is 370 g/mol. The molecule has 0 radical (unpaired) electrons. The van der Waals surface area contributed by atoms with Crippen LogP contribution in [-0.4, -0.2) is 36.2 Å². The molecule has 3 N–H and O–H groups in total. The van der Waals surface area contributed by atoms with Gasteiger partial charge in [-0.3, -0.25) is 9.59 Å². The van der Waals surface area contributed by atoms with E-state index in [0.29, 0.717) is 16.1 Å². The molecule has 1 aromatic carbocycles. The van der Waals surface area contributed by atoms with Crippen molar-refractivity contribution in [1.82, 2.24) is 5.43 Å².